The first-order valence-electron chi connectivity index (χ1n) is 10.9. The van der Waals surface area contributed by atoms with Crippen LogP contribution in [0.5, 0.6) is 0 Å². The van der Waals surface area contributed by atoms with Crippen LogP contribution in [0.3, 0.4) is 0 Å². The molecule has 174 valence electrons. The molecule has 0 radical (unpaired) electrons. The average Bonchev–Trinajstić information content (AvgIpc) is 3.27. The second-order valence-electron chi connectivity index (χ2n) is 7.83. The number of nitriles is 1. The largest absolute Gasteiger partial charge is 0.481 e. The molecule has 1 amide bonds. The number of amides is 1. The number of hydrogen-bond acceptors (Lipinski definition) is 5. The summed E-state index contributed by atoms with van der Waals surface area (Å²) in [6, 6.07) is 26.1. The quantitative estimate of drug-likeness (QED) is 0.379. The van der Waals surface area contributed by atoms with E-state index in [4.69, 9.17) is 9.84 Å². The second-order valence-corrected chi connectivity index (χ2v) is 7.83. The van der Waals surface area contributed by atoms with Gasteiger partial charge in [0.15, 0.2) is 5.82 Å². The zero-order valence-electron chi connectivity index (χ0n) is 18.9. The summed E-state index contributed by atoms with van der Waals surface area (Å²) >= 11 is 0. The number of aliphatic carboxylic acids is 1. The summed E-state index contributed by atoms with van der Waals surface area (Å²) in [5.41, 5.74) is 4.28. The van der Waals surface area contributed by atoms with E-state index < -0.39 is 18.2 Å². The number of rotatable bonds is 7. The van der Waals surface area contributed by atoms with Gasteiger partial charge in [-0.05, 0) is 41.3 Å². The van der Waals surface area contributed by atoms with Crippen LogP contribution in [0.4, 0.5) is 10.6 Å². The molecule has 8 nitrogen and oxygen atoms in total. The normalized spacial score (nSPS) is 11.3. The molecule has 0 spiro atoms. The van der Waals surface area contributed by atoms with Crippen LogP contribution >= 0.6 is 0 Å². The standard InChI is InChI=1S/C27H22N4O4/c1-18(20-5-3-2-4-6-20)35-27(34)30-26-23(16-28)17-29-31(26)24-13-11-22(12-14-24)21-9-7-19(8-10-21)15-25(32)33/h2-14,17-18H,15H2,1H3,(H,30,34)(H,32,33). The SMILES string of the molecule is CC(OC(=O)Nc1c(C#N)cnn1-c1ccc(-c2ccc(CC(=O)O)cc2)cc1)c1ccccc1. The highest BCUT2D eigenvalue weighted by Crippen LogP contribution is 2.25. The number of benzene rings is 3. The van der Waals surface area contributed by atoms with Crippen molar-refractivity contribution in [3.63, 3.8) is 0 Å². The summed E-state index contributed by atoms with van der Waals surface area (Å²) in [5, 5.41) is 25.3. The number of anilines is 1. The van der Waals surface area contributed by atoms with E-state index in [1.165, 1.54) is 10.9 Å². The Kier molecular flexibility index (Phi) is 6.88. The third kappa shape index (κ3) is 5.54. The van der Waals surface area contributed by atoms with Crippen molar-refractivity contribution in [3.05, 3.63) is 102 Å². The molecule has 0 aliphatic heterocycles. The first kappa shape index (κ1) is 23.3. The number of carbonyl (C=O) groups excluding carboxylic acids is 1. The first-order chi connectivity index (χ1) is 16.9. The Bertz CT molecular complexity index is 1370. The van der Waals surface area contributed by atoms with E-state index in [0.29, 0.717) is 5.69 Å². The predicted octanol–water partition coefficient (Wildman–Crippen LogP) is 5.35. The Labute approximate surface area is 202 Å². The summed E-state index contributed by atoms with van der Waals surface area (Å²) in [5.74, 6) is -0.663. The van der Waals surface area contributed by atoms with Crippen LogP contribution < -0.4 is 5.32 Å². The fraction of sp³-hybridized carbons (Fsp3) is 0.111. The van der Waals surface area contributed by atoms with Gasteiger partial charge >= 0.3 is 12.1 Å². The van der Waals surface area contributed by atoms with E-state index in [2.05, 4.69) is 10.4 Å². The van der Waals surface area contributed by atoms with Gasteiger partial charge in [-0.15, -0.1) is 0 Å². The fourth-order valence-electron chi connectivity index (χ4n) is 3.61. The Morgan fingerprint density at radius 3 is 2.26 bits per heavy atom. The average molecular weight is 466 g/mol. The van der Waals surface area contributed by atoms with E-state index in [1.54, 1.807) is 19.1 Å². The van der Waals surface area contributed by atoms with Gasteiger partial charge in [-0.25, -0.2) is 9.48 Å². The maximum atomic E-state index is 12.6. The molecule has 0 aliphatic rings. The van der Waals surface area contributed by atoms with Crippen molar-refractivity contribution in [2.45, 2.75) is 19.4 Å². The fourth-order valence-corrected chi connectivity index (χ4v) is 3.61. The summed E-state index contributed by atoms with van der Waals surface area (Å²) in [6.07, 6.45) is 0.185. The molecule has 0 fully saturated rings. The Hall–Kier alpha value is -4.90. The summed E-state index contributed by atoms with van der Waals surface area (Å²) < 4.78 is 6.94. The molecule has 1 heterocycles. The van der Waals surface area contributed by atoms with Gasteiger partial charge < -0.3 is 9.84 Å². The molecule has 1 aromatic heterocycles. The predicted molar refractivity (Wildman–Crippen MR) is 130 cm³/mol. The van der Waals surface area contributed by atoms with Crippen molar-refractivity contribution < 1.29 is 19.4 Å². The van der Waals surface area contributed by atoms with Crippen molar-refractivity contribution in [2.75, 3.05) is 5.32 Å². The van der Waals surface area contributed by atoms with Crippen LogP contribution in [-0.2, 0) is 16.0 Å². The van der Waals surface area contributed by atoms with Crippen molar-refractivity contribution in [1.82, 2.24) is 9.78 Å². The minimum Gasteiger partial charge on any atom is -0.481 e. The molecular formula is C27H22N4O4. The van der Waals surface area contributed by atoms with Gasteiger partial charge in [0.2, 0.25) is 0 Å². The summed E-state index contributed by atoms with van der Waals surface area (Å²) in [7, 11) is 0. The van der Waals surface area contributed by atoms with Crippen LogP contribution in [-0.4, -0.2) is 26.9 Å². The molecular weight excluding hydrogens is 444 g/mol. The van der Waals surface area contributed by atoms with Gasteiger partial charge in [0, 0.05) is 0 Å². The highest BCUT2D eigenvalue weighted by atomic mass is 16.6. The molecule has 8 heteroatoms. The third-order valence-corrected chi connectivity index (χ3v) is 5.42. The van der Waals surface area contributed by atoms with Crippen molar-refractivity contribution in [2.24, 2.45) is 0 Å². The number of nitrogens with one attached hydrogen (secondary N) is 1. The Morgan fingerprint density at radius 1 is 1.03 bits per heavy atom. The zero-order valence-corrected chi connectivity index (χ0v) is 18.9. The van der Waals surface area contributed by atoms with E-state index in [0.717, 1.165) is 22.3 Å². The number of nitrogens with zero attached hydrogens (tertiary/aromatic N) is 3. The van der Waals surface area contributed by atoms with Crippen LogP contribution in [0.1, 0.15) is 29.7 Å². The lowest BCUT2D eigenvalue weighted by Crippen LogP contribution is -2.19. The molecule has 35 heavy (non-hydrogen) atoms. The third-order valence-electron chi connectivity index (χ3n) is 5.42. The van der Waals surface area contributed by atoms with E-state index in [-0.39, 0.29) is 17.8 Å². The Balaban J connectivity index is 1.51. The molecule has 4 aromatic rings. The summed E-state index contributed by atoms with van der Waals surface area (Å²) in [6.45, 7) is 1.77. The van der Waals surface area contributed by atoms with Gasteiger partial charge in [-0.1, -0.05) is 66.7 Å². The topological polar surface area (TPSA) is 117 Å². The molecule has 1 unspecified atom stereocenters. The van der Waals surface area contributed by atoms with Crippen LogP contribution in [0.15, 0.2) is 85.1 Å². The molecule has 2 N–H and O–H groups in total. The first-order valence-corrected chi connectivity index (χ1v) is 10.9. The molecule has 0 bridgehead atoms. The lowest BCUT2D eigenvalue weighted by molar-refractivity contribution is -0.136. The van der Waals surface area contributed by atoms with E-state index >= 15 is 0 Å². The second kappa shape index (κ2) is 10.4. The van der Waals surface area contributed by atoms with E-state index in [1.807, 2.05) is 72.8 Å². The molecule has 1 atom stereocenters. The number of aromatic nitrogens is 2. The highest BCUT2D eigenvalue weighted by Gasteiger charge is 2.18. The number of carboxylic acid groups (broad SMARTS) is 1. The molecule has 0 saturated carbocycles. The number of ether oxygens (including phenoxy) is 1. The van der Waals surface area contributed by atoms with Gasteiger partial charge in [0.1, 0.15) is 17.7 Å². The van der Waals surface area contributed by atoms with Crippen molar-refractivity contribution in [3.8, 4) is 22.9 Å². The highest BCUT2D eigenvalue weighted by molar-refractivity contribution is 5.86. The van der Waals surface area contributed by atoms with Crippen LogP contribution in [0.2, 0.25) is 0 Å². The smallest absolute Gasteiger partial charge is 0.413 e. The van der Waals surface area contributed by atoms with Gasteiger partial charge in [-0.3, -0.25) is 10.1 Å². The maximum Gasteiger partial charge on any atom is 0.413 e. The lowest BCUT2D eigenvalue weighted by atomic mass is 10.0. The van der Waals surface area contributed by atoms with Gasteiger partial charge in [-0.2, -0.15) is 10.4 Å². The van der Waals surface area contributed by atoms with Crippen molar-refractivity contribution >= 4 is 17.9 Å². The van der Waals surface area contributed by atoms with Gasteiger partial charge in [0.05, 0.1) is 18.3 Å². The number of carboxylic acids is 1. The van der Waals surface area contributed by atoms with Crippen LogP contribution in [0, 0.1) is 11.3 Å². The van der Waals surface area contributed by atoms with Crippen molar-refractivity contribution in [1.29, 1.82) is 5.26 Å². The zero-order chi connectivity index (χ0) is 24.8. The molecule has 4 rings (SSSR count). The lowest BCUT2D eigenvalue weighted by Gasteiger charge is -2.15. The minimum atomic E-state index is -0.874. The number of hydrogen-bond donors (Lipinski definition) is 2. The molecule has 0 aliphatic carbocycles. The van der Waals surface area contributed by atoms with E-state index in [9.17, 15) is 14.9 Å². The van der Waals surface area contributed by atoms with Crippen LogP contribution in [0.25, 0.3) is 16.8 Å². The monoisotopic (exact) mass is 466 g/mol. The summed E-state index contributed by atoms with van der Waals surface area (Å²) in [4.78, 5) is 23.4. The Morgan fingerprint density at radius 2 is 1.66 bits per heavy atom. The minimum absolute atomic E-state index is 0.0257. The van der Waals surface area contributed by atoms with Gasteiger partial charge in [0.25, 0.3) is 0 Å². The number of carbonyl (C=O) groups is 2. The maximum absolute atomic E-state index is 12.6. The molecule has 3 aromatic carbocycles. The molecule has 0 saturated heterocycles.